The molecule has 0 amide bonds. The molecule has 0 saturated heterocycles. The van der Waals surface area contributed by atoms with Gasteiger partial charge in [0.2, 0.25) is 0 Å². The van der Waals surface area contributed by atoms with Crippen molar-refractivity contribution in [1.29, 1.82) is 0 Å². The van der Waals surface area contributed by atoms with Gasteiger partial charge < -0.3 is 5.32 Å². The summed E-state index contributed by atoms with van der Waals surface area (Å²) in [6.45, 7) is 3.52. The molecule has 0 aromatic heterocycles. The summed E-state index contributed by atoms with van der Waals surface area (Å²) >= 11 is 0. The van der Waals surface area contributed by atoms with E-state index in [0.29, 0.717) is 6.54 Å². The lowest BCUT2D eigenvalue weighted by Gasteiger charge is -2.16. The highest BCUT2D eigenvalue weighted by atomic mass is 19.4. The second-order valence-electron chi connectivity index (χ2n) is 4.17. The predicted molar refractivity (Wildman–Crippen MR) is 58.1 cm³/mol. The minimum atomic E-state index is -4.16. The quantitative estimate of drug-likeness (QED) is 0.804. The highest BCUT2D eigenvalue weighted by Gasteiger charge is 2.29. The summed E-state index contributed by atoms with van der Waals surface area (Å²) in [5.41, 5.74) is 1.54. The van der Waals surface area contributed by atoms with Crippen molar-refractivity contribution >= 4 is 0 Å². The maximum atomic E-state index is 12.8. The summed E-state index contributed by atoms with van der Waals surface area (Å²) in [4.78, 5) is 0. The summed E-state index contributed by atoms with van der Waals surface area (Å²) in [6.07, 6.45) is -5.03. The van der Waals surface area contributed by atoms with Crippen LogP contribution < -0.4 is 5.32 Å². The van der Waals surface area contributed by atoms with E-state index in [1.165, 1.54) is 19.1 Å². The zero-order chi connectivity index (χ0) is 13.1. The molecule has 0 heterocycles. The van der Waals surface area contributed by atoms with E-state index in [9.17, 15) is 17.6 Å². The third kappa shape index (κ3) is 5.17. The molecule has 1 aromatic rings. The first-order valence-corrected chi connectivity index (χ1v) is 5.33. The van der Waals surface area contributed by atoms with Gasteiger partial charge in [0.05, 0.1) is 6.42 Å². The SMILES string of the molecule is Cc1cc(F)ccc1CNC(C)CC(F)(F)F. The van der Waals surface area contributed by atoms with Gasteiger partial charge in [-0.05, 0) is 37.1 Å². The van der Waals surface area contributed by atoms with Crippen LogP contribution in [-0.4, -0.2) is 12.2 Å². The number of hydrogen-bond acceptors (Lipinski definition) is 1. The molecule has 17 heavy (non-hydrogen) atoms. The largest absolute Gasteiger partial charge is 0.390 e. The minimum absolute atomic E-state index is 0.309. The van der Waals surface area contributed by atoms with E-state index >= 15 is 0 Å². The Kier molecular flexibility index (Phi) is 4.51. The minimum Gasteiger partial charge on any atom is -0.310 e. The van der Waals surface area contributed by atoms with E-state index in [2.05, 4.69) is 5.32 Å². The summed E-state index contributed by atoms with van der Waals surface area (Å²) in [6, 6.07) is 3.60. The van der Waals surface area contributed by atoms with Gasteiger partial charge in [0.1, 0.15) is 5.82 Å². The lowest BCUT2D eigenvalue weighted by atomic mass is 10.1. The lowest BCUT2D eigenvalue weighted by molar-refractivity contribution is -0.139. The van der Waals surface area contributed by atoms with Gasteiger partial charge in [-0.1, -0.05) is 6.07 Å². The van der Waals surface area contributed by atoms with Gasteiger partial charge in [0, 0.05) is 12.6 Å². The second-order valence-corrected chi connectivity index (χ2v) is 4.17. The average molecular weight is 249 g/mol. The van der Waals surface area contributed by atoms with Crippen molar-refractivity contribution in [2.24, 2.45) is 0 Å². The van der Waals surface area contributed by atoms with Crippen LogP contribution in [0.5, 0.6) is 0 Å². The van der Waals surface area contributed by atoms with Crippen LogP contribution in [0.2, 0.25) is 0 Å². The summed E-state index contributed by atoms with van der Waals surface area (Å²) in [5.74, 6) is -0.338. The zero-order valence-corrected chi connectivity index (χ0v) is 9.74. The highest BCUT2D eigenvalue weighted by molar-refractivity contribution is 5.26. The van der Waals surface area contributed by atoms with Gasteiger partial charge in [0.25, 0.3) is 0 Å². The topological polar surface area (TPSA) is 12.0 Å². The number of nitrogens with one attached hydrogen (secondary N) is 1. The Morgan fingerprint density at radius 1 is 1.29 bits per heavy atom. The highest BCUT2D eigenvalue weighted by Crippen LogP contribution is 2.21. The van der Waals surface area contributed by atoms with Crippen LogP contribution in [0.15, 0.2) is 18.2 Å². The van der Waals surface area contributed by atoms with Crippen molar-refractivity contribution < 1.29 is 17.6 Å². The normalized spacial score (nSPS) is 13.8. The van der Waals surface area contributed by atoms with Crippen LogP contribution in [0.1, 0.15) is 24.5 Å². The third-order valence-corrected chi connectivity index (χ3v) is 2.48. The monoisotopic (exact) mass is 249 g/mol. The fourth-order valence-corrected chi connectivity index (χ4v) is 1.56. The molecule has 1 nitrogen and oxygen atoms in total. The molecule has 0 aliphatic heterocycles. The van der Waals surface area contributed by atoms with Gasteiger partial charge in [-0.2, -0.15) is 13.2 Å². The molecule has 0 aliphatic carbocycles. The van der Waals surface area contributed by atoms with Gasteiger partial charge in [-0.15, -0.1) is 0 Å². The van der Waals surface area contributed by atoms with Gasteiger partial charge in [-0.25, -0.2) is 4.39 Å². The molecular weight excluding hydrogens is 234 g/mol. The number of aryl methyl sites for hydroxylation is 1. The van der Waals surface area contributed by atoms with Gasteiger partial charge in [0.15, 0.2) is 0 Å². The van der Waals surface area contributed by atoms with E-state index < -0.39 is 18.6 Å². The summed E-state index contributed by atoms with van der Waals surface area (Å²) in [7, 11) is 0. The van der Waals surface area contributed by atoms with Crippen LogP contribution in [0.3, 0.4) is 0 Å². The molecule has 1 rings (SSSR count). The predicted octanol–water partition coefficient (Wildman–Crippen LogP) is 3.56. The van der Waals surface area contributed by atoms with Gasteiger partial charge in [-0.3, -0.25) is 0 Å². The molecule has 1 N–H and O–H groups in total. The van der Waals surface area contributed by atoms with Crippen LogP contribution in [0, 0.1) is 12.7 Å². The first kappa shape index (κ1) is 14.0. The molecule has 96 valence electrons. The molecule has 0 bridgehead atoms. The summed E-state index contributed by atoms with van der Waals surface area (Å²) in [5, 5.41) is 2.77. The van der Waals surface area contributed by atoms with E-state index in [1.54, 1.807) is 13.0 Å². The molecule has 0 radical (unpaired) electrons. The number of hydrogen-bond donors (Lipinski definition) is 1. The van der Waals surface area contributed by atoms with Crippen molar-refractivity contribution in [3.05, 3.63) is 35.1 Å². The van der Waals surface area contributed by atoms with Crippen LogP contribution >= 0.6 is 0 Å². The molecule has 0 fully saturated rings. The lowest BCUT2D eigenvalue weighted by Crippen LogP contribution is -2.30. The molecule has 5 heteroatoms. The third-order valence-electron chi connectivity index (χ3n) is 2.48. The molecule has 1 unspecified atom stereocenters. The Hall–Kier alpha value is -1.10. The average Bonchev–Trinajstić information content (AvgIpc) is 2.13. The number of benzene rings is 1. The Morgan fingerprint density at radius 3 is 2.47 bits per heavy atom. The van der Waals surface area contributed by atoms with Crippen molar-refractivity contribution in [3.8, 4) is 0 Å². The second kappa shape index (κ2) is 5.49. The fraction of sp³-hybridized carbons (Fsp3) is 0.500. The van der Waals surface area contributed by atoms with E-state index in [1.807, 2.05) is 0 Å². The maximum absolute atomic E-state index is 12.8. The van der Waals surface area contributed by atoms with E-state index in [-0.39, 0.29) is 5.82 Å². The van der Waals surface area contributed by atoms with Crippen molar-refractivity contribution in [3.63, 3.8) is 0 Å². The molecule has 1 aromatic carbocycles. The van der Waals surface area contributed by atoms with Crippen LogP contribution in [0.4, 0.5) is 17.6 Å². The first-order valence-electron chi connectivity index (χ1n) is 5.33. The van der Waals surface area contributed by atoms with Crippen molar-refractivity contribution in [1.82, 2.24) is 5.32 Å². The molecule has 0 saturated carbocycles. The maximum Gasteiger partial charge on any atom is 0.390 e. The van der Waals surface area contributed by atoms with Crippen molar-refractivity contribution in [2.75, 3.05) is 0 Å². The first-order chi connectivity index (χ1) is 7.78. The number of alkyl halides is 3. The van der Waals surface area contributed by atoms with E-state index in [0.717, 1.165) is 11.1 Å². The number of halogens is 4. The van der Waals surface area contributed by atoms with Gasteiger partial charge >= 0.3 is 6.18 Å². The Labute approximate surface area is 97.8 Å². The van der Waals surface area contributed by atoms with E-state index in [4.69, 9.17) is 0 Å². The number of rotatable bonds is 4. The molecule has 1 atom stereocenters. The molecule has 0 spiro atoms. The van der Waals surface area contributed by atoms with Crippen LogP contribution in [-0.2, 0) is 6.54 Å². The Morgan fingerprint density at radius 2 is 1.94 bits per heavy atom. The Bertz CT molecular complexity index is 373. The van der Waals surface area contributed by atoms with Crippen LogP contribution in [0.25, 0.3) is 0 Å². The smallest absolute Gasteiger partial charge is 0.310 e. The standard InChI is InChI=1S/C12H15F4N/c1-8-5-11(13)4-3-10(8)7-17-9(2)6-12(14,15)16/h3-5,9,17H,6-7H2,1-2H3. The zero-order valence-electron chi connectivity index (χ0n) is 9.74. The summed E-state index contributed by atoms with van der Waals surface area (Å²) < 4.78 is 49.0. The molecule has 0 aliphatic rings. The molecular formula is C12H15F4N. The fourth-order valence-electron chi connectivity index (χ4n) is 1.56. The Balaban J connectivity index is 2.50. The van der Waals surface area contributed by atoms with Crippen molar-refractivity contribution in [2.45, 2.75) is 39.0 Å².